The van der Waals surface area contributed by atoms with Crippen molar-refractivity contribution in [2.45, 2.75) is 39.0 Å². The summed E-state index contributed by atoms with van der Waals surface area (Å²) < 4.78 is 5.66. The number of rotatable bonds is 6. The van der Waals surface area contributed by atoms with Crippen LogP contribution in [0.4, 0.5) is 5.00 Å². The van der Waals surface area contributed by atoms with Gasteiger partial charge in [0.05, 0.1) is 18.6 Å². The molecule has 1 aromatic carbocycles. The van der Waals surface area contributed by atoms with Crippen molar-refractivity contribution in [2.24, 2.45) is 5.73 Å². The fourth-order valence-electron chi connectivity index (χ4n) is 3.08. The van der Waals surface area contributed by atoms with Gasteiger partial charge in [-0.05, 0) is 49.8 Å². The van der Waals surface area contributed by atoms with Crippen LogP contribution in [0.1, 0.15) is 45.6 Å². The van der Waals surface area contributed by atoms with E-state index in [0.29, 0.717) is 10.6 Å². The number of fused-ring (bicyclic) bond motifs is 1. The molecule has 0 aliphatic heterocycles. The predicted octanol–water partition coefficient (Wildman–Crippen LogP) is 3.44. The second kappa shape index (κ2) is 7.70. The average molecular weight is 358 g/mol. The van der Waals surface area contributed by atoms with Gasteiger partial charge in [-0.1, -0.05) is 18.2 Å². The number of nitrogens with one attached hydrogen (secondary N) is 1. The number of nitrogens with two attached hydrogens (primary N) is 1. The Morgan fingerprint density at radius 1 is 1.24 bits per heavy atom. The summed E-state index contributed by atoms with van der Waals surface area (Å²) in [4.78, 5) is 25.2. The van der Waals surface area contributed by atoms with Crippen LogP contribution in [0.2, 0.25) is 0 Å². The Morgan fingerprint density at radius 3 is 2.76 bits per heavy atom. The van der Waals surface area contributed by atoms with Crippen LogP contribution in [0.15, 0.2) is 24.3 Å². The highest BCUT2D eigenvalue weighted by atomic mass is 32.1. The number of carbonyl (C=O) groups is 2. The molecule has 0 spiro atoms. The Bertz CT molecular complexity index is 798. The number of para-hydroxylation sites is 1. The van der Waals surface area contributed by atoms with Crippen LogP contribution in [-0.2, 0) is 17.6 Å². The predicted molar refractivity (Wildman–Crippen MR) is 99.4 cm³/mol. The number of carbonyl (C=O) groups excluding carboxylic acids is 2. The van der Waals surface area contributed by atoms with Gasteiger partial charge in [-0.2, -0.15) is 0 Å². The summed E-state index contributed by atoms with van der Waals surface area (Å²) in [6.07, 6.45) is 4.20. The third-order valence-electron chi connectivity index (χ3n) is 4.35. The molecule has 2 amide bonds. The molecule has 0 unspecified atom stereocenters. The SMILES string of the molecule is Cc1ccccc1OCCC(=O)Nc1sc2c(c1C(N)=O)CCCC2. The quantitative estimate of drug-likeness (QED) is 0.830. The standard InChI is InChI=1S/C19H22N2O3S/c1-12-6-2-4-8-14(12)24-11-10-16(22)21-19-17(18(20)23)13-7-3-5-9-15(13)25-19/h2,4,6,8H,3,5,7,9-11H2,1H3,(H2,20,23)(H,21,22). The van der Waals surface area contributed by atoms with Crippen molar-refractivity contribution < 1.29 is 14.3 Å². The van der Waals surface area contributed by atoms with Crippen molar-refractivity contribution >= 4 is 28.2 Å². The summed E-state index contributed by atoms with van der Waals surface area (Å²) in [5.74, 6) is 0.139. The summed E-state index contributed by atoms with van der Waals surface area (Å²) in [7, 11) is 0. The summed E-state index contributed by atoms with van der Waals surface area (Å²) >= 11 is 1.48. The zero-order chi connectivity index (χ0) is 17.8. The van der Waals surface area contributed by atoms with Crippen molar-refractivity contribution in [2.75, 3.05) is 11.9 Å². The zero-order valence-corrected chi connectivity index (χ0v) is 15.1. The number of anilines is 1. The van der Waals surface area contributed by atoms with Gasteiger partial charge in [0, 0.05) is 4.88 Å². The fraction of sp³-hybridized carbons (Fsp3) is 0.368. The van der Waals surface area contributed by atoms with Gasteiger partial charge >= 0.3 is 0 Å². The number of amides is 2. The smallest absolute Gasteiger partial charge is 0.251 e. The monoisotopic (exact) mass is 358 g/mol. The Morgan fingerprint density at radius 2 is 2.00 bits per heavy atom. The maximum Gasteiger partial charge on any atom is 0.251 e. The summed E-state index contributed by atoms with van der Waals surface area (Å²) in [5, 5.41) is 3.43. The number of benzene rings is 1. The molecule has 0 atom stereocenters. The van der Waals surface area contributed by atoms with Gasteiger partial charge in [-0.3, -0.25) is 9.59 Å². The van der Waals surface area contributed by atoms with Crippen LogP contribution < -0.4 is 15.8 Å². The van der Waals surface area contributed by atoms with E-state index in [1.807, 2.05) is 31.2 Å². The molecular formula is C19H22N2O3S. The van der Waals surface area contributed by atoms with Crippen LogP contribution in [0.5, 0.6) is 5.75 Å². The molecule has 3 rings (SSSR count). The summed E-state index contributed by atoms with van der Waals surface area (Å²) in [5.41, 5.74) is 8.09. The molecule has 132 valence electrons. The van der Waals surface area contributed by atoms with Gasteiger partial charge in [0.15, 0.2) is 0 Å². The number of hydrogen-bond donors (Lipinski definition) is 2. The van der Waals surface area contributed by atoms with E-state index in [2.05, 4.69) is 5.32 Å². The lowest BCUT2D eigenvalue weighted by Crippen LogP contribution is -2.19. The molecule has 0 radical (unpaired) electrons. The molecule has 6 heteroatoms. The lowest BCUT2D eigenvalue weighted by Gasteiger charge is -2.11. The van der Waals surface area contributed by atoms with Gasteiger partial charge in [0.2, 0.25) is 5.91 Å². The Kier molecular flexibility index (Phi) is 5.38. The molecule has 5 nitrogen and oxygen atoms in total. The van der Waals surface area contributed by atoms with Gasteiger partial charge < -0.3 is 15.8 Å². The summed E-state index contributed by atoms with van der Waals surface area (Å²) in [6.45, 7) is 2.25. The highest BCUT2D eigenvalue weighted by Crippen LogP contribution is 2.37. The van der Waals surface area contributed by atoms with E-state index < -0.39 is 5.91 Å². The largest absolute Gasteiger partial charge is 0.493 e. The fourth-order valence-corrected chi connectivity index (χ4v) is 4.39. The second-order valence-corrected chi connectivity index (χ2v) is 7.30. The molecule has 0 fully saturated rings. The highest BCUT2D eigenvalue weighted by molar-refractivity contribution is 7.17. The molecule has 3 N–H and O–H groups in total. The lowest BCUT2D eigenvalue weighted by atomic mass is 9.95. The van der Waals surface area contributed by atoms with Crippen LogP contribution in [0, 0.1) is 6.92 Å². The maximum atomic E-state index is 12.2. The van der Waals surface area contributed by atoms with E-state index in [4.69, 9.17) is 10.5 Å². The second-order valence-electron chi connectivity index (χ2n) is 6.19. The molecule has 1 aliphatic rings. The van der Waals surface area contributed by atoms with Gasteiger partial charge in [0.1, 0.15) is 10.8 Å². The number of thiophene rings is 1. The van der Waals surface area contributed by atoms with E-state index in [9.17, 15) is 9.59 Å². The molecule has 0 saturated carbocycles. The van der Waals surface area contributed by atoms with E-state index in [1.54, 1.807) is 0 Å². The molecule has 0 bridgehead atoms. The van der Waals surface area contributed by atoms with Crippen LogP contribution >= 0.6 is 11.3 Å². The highest BCUT2D eigenvalue weighted by Gasteiger charge is 2.24. The van der Waals surface area contributed by atoms with E-state index >= 15 is 0 Å². The first-order chi connectivity index (χ1) is 12.1. The van der Waals surface area contributed by atoms with Crippen LogP contribution in [-0.4, -0.2) is 18.4 Å². The Hall–Kier alpha value is -2.34. The van der Waals surface area contributed by atoms with E-state index in [1.165, 1.54) is 16.2 Å². The van der Waals surface area contributed by atoms with Crippen LogP contribution in [0.3, 0.4) is 0 Å². The maximum absolute atomic E-state index is 12.2. The number of aryl methyl sites for hydroxylation is 2. The molecule has 2 aromatic rings. The van der Waals surface area contributed by atoms with E-state index in [0.717, 1.165) is 42.6 Å². The minimum Gasteiger partial charge on any atom is -0.493 e. The number of hydrogen-bond acceptors (Lipinski definition) is 4. The topological polar surface area (TPSA) is 81.4 Å². The van der Waals surface area contributed by atoms with Crippen molar-refractivity contribution in [3.8, 4) is 5.75 Å². The third kappa shape index (κ3) is 4.02. The average Bonchev–Trinajstić information content (AvgIpc) is 2.94. The van der Waals surface area contributed by atoms with Crippen LogP contribution in [0.25, 0.3) is 0 Å². The minimum absolute atomic E-state index is 0.172. The van der Waals surface area contributed by atoms with Crippen molar-refractivity contribution in [3.63, 3.8) is 0 Å². The van der Waals surface area contributed by atoms with E-state index in [-0.39, 0.29) is 18.9 Å². The van der Waals surface area contributed by atoms with Crippen molar-refractivity contribution in [3.05, 3.63) is 45.8 Å². The number of ether oxygens (including phenoxy) is 1. The zero-order valence-electron chi connectivity index (χ0n) is 14.3. The lowest BCUT2D eigenvalue weighted by molar-refractivity contribution is -0.116. The molecule has 1 aliphatic carbocycles. The van der Waals surface area contributed by atoms with Crippen molar-refractivity contribution in [1.82, 2.24) is 0 Å². The first kappa shape index (κ1) is 17.5. The first-order valence-electron chi connectivity index (χ1n) is 8.49. The van der Waals surface area contributed by atoms with Gasteiger partial charge in [0.25, 0.3) is 5.91 Å². The third-order valence-corrected chi connectivity index (χ3v) is 5.56. The molecule has 1 heterocycles. The molecular weight excluding hydrogens is 336 g/mol. The molecule has 1 aromatic heterocycles. The Labute approximate surface area is 151 Å². The summed E-state index contributed by atoms with van der Waals surface area (Å²) in [6, 6.07) is 7.69. The van der Waals surface area contributed by atoms with Gasteiger partial charge in [-0.15, -0.1) is 11.3 Å². The Balaban J connectivity index is 1.62. The van der Waals surface area contributed by atoms with Gasteiger partial charge in [-0.25, -0.2) is 0 Å². The minimum atomic E-state index is -0.467. The molecule has 0 saturated heterocycles. The normalized spacial score (nSPS) is 13.2. The first-order valence-corrected chi connectivity index (χ1v) is 9.30. The number of primary amides is 1. The molecule has 25 heavy (non-hydrogen) atoms. The van der Waals surface area contributed by atoms with Crippen molar-refractivity contribution in [1.29, 1.82) is 0 Å².